The third-order valence-electron chi connectivity index (χ3n) is 9.23. The van der Waals surface area contributed by atoms with E-state index in [0.717, 1.165) is 54.4 Å². The van der Waals surface area contributed by atoms with E-state index in [2.05, 4.69) is 25.2 Å². The highest BCUT2D eigenvalue weighted by Gasteiger charge is 2.30. The topological polar surface area (TPSA) is 0 Å². The molecule has 2 heteroatoms. The van der Waals surface area contributed by atoms with Crippen molar-refractivity contribution in [2.75, 3.05) is 0 Å². The number of allylic oxidation sites excluding steroid dienone is 4. The summed E-state index contributed by atoms with van der Waals surface area (Å²) in [5.41, 5.74) is 1.97. The van der Waals surface area contributed by atoms with Gasteiger partial charge in [0.05, 0.1) is 0 Å². The van der Waals surface area contributed by atoms with Crippen molar-refractivity contribution in [3.05, 3.63) is 53.1 Å². The van der Waals surface area contributed by atoms with Crippen LogP contribution >= 0.6 is 0 Å². The van der Waals surface area contributed by atoms with Gasteiger partial charge in [0.1, 0.15) is 0 Å². The predicted molar refractivity (Wildman–Crippen MR) is 136 cm³/mol. The quantitative estimate of drug-likeness (QED) is 0.360. The molecule has 3 aliphatic rings. The maximum atomic E-state index is 14.5. The van der Waals surface area contributed by atoms with E-state index >= 15 is 0 Å². The van der Waals surface area contributed by atoms with Crippen molar-refractivity contribution >= 4 is 5.57 Å². The summed E-state index contributed by atoms with van der Waals surface area (Å²) in [6.45, 7) is 4.02. The molecule has 1 aromatic rings. The molecule has 33 heavy (non-hydrogen) atoms. The smallest absolute Gasteiger partial charge is 0.166 e. The number of rotatable bonds is 7. The average molecular weight is 455 g/mol. The Hall–Kier alpha value is -1.44. The zero-order valence-corrected chi connectivity index (χ0v) is 20.9. The van der Waals surface area contributed by atoms with Gasteiger partial charge in [0.2, 0.25) is 0 Å². The van der Waals surface area contributed by atoms with Crippen molar-refractivity contribution in [2.45, 2.75) is 104 Å². The molecule has 0 amide bonds. The average Bonchev–Trinajstić information content (AvgIpc) is 2.86. The Balaban J connectivity index is 1.19. The lowest BCUT2D eigenvalue weighted by Gasteiger charge is -2.37. The molecule has 0 radical (unpaired) electrons. The van der Waals surface area contributed by atoms with E-state index in [9.17, 15) is 8.78 Å². The lowest BCUT2D eigenvalue weighted by Crippen LogP contribution is -2.25. The van der Waals surface area contributed by atoms with Gasteiger partial charge >= 0.3 is 0 Å². The molecule has 0 spiro atoms. The number of hydrogen-bond donors (Lipinski definition) is 0. The van der Waals surface area contributed by atoms with Gasteiger partial charge in [0.15, 0.2) is 11.6 Å². The summed E-state index contributed by atoms with van der Waals surface area (Å²) in [7, 11) is 0. The van der Waals surface area contributed by atoms with Gasteiger partial charge < -0.3 is 0 Å². The molecular formula is C31H44F2. The second-order valence-electron chi connectivity index (χ2n) is 11.2. The van der Waals surface area contributed by atoms with Gasteiger partial charge in [-0.15, -0.1) is 0 Å². The van der Waals surface area contributed by atoms with E-state index in [1.165, 1.54) is 64.2 Å². The normalized spacial score (nSPS) is 31.0. The Morgan fingerprint density at radius 2 is 1.48 bits per heavy atom. The molecule has 1 atom stereocenters. The van der Waals surface area contributed by atoms with Crippen LogP contribution in [0, 0.1) is 41.2 Å². The fourth-order valence-electron chi connectivity index (χ4n) is 7.01. The van der Waals surface area contributed by atoms with Crippen molar-refractivity contribution in [1.29, 1.82) is 0 Å². The number of aryl methyl sites for hydroxylation is 1. The molecule has 1 unspecified atom stereocenters. The molecule has 2 fully saturated rings. The van der Waals surface area contributed by atoms with Gasteiger partial charge in [0.25, 0.3) is 0 Å². The highest BCUT2D eigenvalue weighted by molar-refractivity contribution is 5.67. The third-order valence-corrected chi connectivity index (χ3v) is 9.23. The highest BCUT2D eigenvalue weighted by atomic mass is 19.2. The summed E-state index contributed by atoms with van der Waals surface area (Å²) in [5, 5.41) is 0. The second-order valence-corrected chi connectivity index (χ2v) is 11.2. The maximum Gasteiger partial charge on any atom is 0.166 e. The maximum absolute atomic E-state index is 14.5. The Bertz CT molecular complexity index is 820. The van der Waals surface area contributed by atoms with Crippen LogP contribution in [0.1, 0.15) is 108 Å². The molecule has 0 aliphatic heterocycles. The molecule has 0 nitrogen and oxygen atoms in total. The van der Waals surface area contributed by atoms with E-state index < -0.39 is 11.6 Å². The van der Waals surface area contributed by atoms with E-state index in [0.29, 0.717) is 17.5 Å². The first-order chi connectivity index (χ1) is 16.1. The first kappa shape index (κ1) is 24.7. The molecule has 0 bridgehead atoms. The van der Waals surface area contributed by atoms with E-state index in [1.54, 1.807) is 12.1 Å². The van der Waals surface area contributed by atoms with Crippen LogP contribution in [0.4, 0.5) is 8.78 Å². The first-order valence-electron chi connectivity index (χ1n) is 13.9. The minimum atomic E-state index is -0.653. The Morgan fingerprint density at radius 3 is 2.09 bits per heavy atom. The van der Waals surface area contributed by atoms with Crippen LogP contribution in [-0.2, 0) is 6.42 Å². The second kappa shape index (κ2) is 11.8. The fraction of sp³-hybridized carbons (Fsp3) is 0.677. The van der Waals surface area contributed by atoms with Crippen LogP contribution in [0.5, 0.6) is 0 Å². The van der Waals surface area contributed by atoms with Gasteiger partial charge in [-0.1, -0.05) is 56.5 Å². The lowest BCUT2D eigenvalue weighted by molar-refractivity contribution is 0.149. The van der Waals surface area contributed by atoms with Crippen molar-refractivity contribution in [3.8, 4) is 0 Å². The number of hydrogen-bond acceptors (Lipinski definition) is 0. The molecule has 1 aromatic carbocycles. The molecule has 0 aromatic heterocycles. The van der Waals surface area contributed by atoms with E-state index in [-0.39, 0.29) is 0 Å². The lowest BCUT2D eigenvalue weighted by atomic mass is 9.68. The zero-order valence-electron chi connectivity index (χ0n) is 20.9. The van der Waals surface area contributed by atoms with E-state index in [4.69, 9.17) is 0 Å². The summed E-state index contributed by atoms with van der Waals surface area (Å²) in [6, 6.07) is 3.54. The molecule has 4 rings (SSSR count). The van der Waals surface area contributed by atoms with Crippen molar-refractivity contribution in [2.24, 2.45) is 29.6 Å². The summed E-state index contributed by atoms with van der Waals surface area (Å²) >= 11 is 0. The summed E-state index contributed by atoms with van der Waals surface area (Å²) < 4.78 is 28.7. The predicted octanol–water partition coefficient (Wildman–Crippen LogP) is 9.68. The summed E-state index contributed by atoms with van der Waals surface area (Å²) in [6.07, 6.45) is 24.6. The Kier molecular flexibility index (Phi) is 8.83. The van der Waals surface area contributed by atoms with Crippen LogP contribution in [-0.4, -0.2) is 0 Å². The largest absolute Gasteiger partial charge is 0.203 e. The summed E-state index contributed by atoms with van der Waals surface area (Å²) in [4.78, 5) is 0. The molecule has 2 saturated carbocycles. The molecule has 0 heterocycles. The Labute approximate surface area is 200 Å². The van der Waals surface area contributed by atoms with Gasteiger partial charge in [-0.3, -0.25) is 0 Å². The van der Waals surface area contributed by atoms with Gasteiger partial charge in [0, 0.05) is 5.56 Å². The fourth-order valence-corrected chi connectivity index (χ4v) is 7.01. The molecule has 182 valence electrons. The van der Waals surface area contributed by atoms with Crippen LogP contribution < -0.4 is 0 Å². The first-order valence-corrected chi connectivity index (χ1v) is 13.9. The van der Waals surface area contributed by atoms with Crippen molar-refractivity contribution < 1.29 is 8.78 Å². The standard InChI is InChI=1S/C31H44F2/c1-3-5-22-8-14-26(15-9-22)27-16-10-23(11-17-27)6-7-24-12-18-28(19-13-24)29-21-20-25(4-2)30(32)31(29)33/h3,5,18,20-24,26-27H,4,6-17,19H2,1-2H3. The van der Waals surface area contributed by atoms with Crippen LogP contribution in [0.2, 0.25) is 0 Å². The number of benzene rings is 1. The highest BCUT2D eigenvalue weighted by Crippen LogP contribution is 2.43. The third kappa shape index (κ3) is 6.17. The van der Waals surface area contributed by atoms with Crippen molar-refractivity contribution in [1.82, 2.24) is 0 Å². The summed E-state index contributed by atoms with van der Waals surface area (Å²) in [5.74, 6) is 3.16. The van der Waals surface area contributed by atoms with Gasteiger partial charge in [-0.2, -0.15) is 0 Å². The SMILES string of the molecule is CC=CC1CCC(C2CCC(CCC3CC=C(c4ccc(CC)c(F)c4F)CC3)CC2)CC1. The monoisotopic (exact) mass is 454 g/mol. The molecule has 3 aliphatic carbocycles. The van der Waals surface area contributed by atoms with Crippen LogP contribution in [0.25, 0.3) is 5.57 Å². The van der Waals surface area contributed by atoms with Crippen LogP contribution in [0.3, 0.4) is 0 Å². The molecular weight excluding hydrogens is 410 g/mol. The number of halogens is 2. The van der Waals surface area contributed by atoms with Crippen molar-refractivity contribution in [3.63, 3.8) is 0 Å². The van der Waals surface area contributed by atoms with E-state index in [1.807, 2.05) is 6.92 Å². The minimum Gasteiger partial charge on any atom is -0.203 e. The molecule has 0 saturated heterocycles. The molecule has 0 N–H and O–H groups in total. The Morgan fingerprint density at radius 1 is 0.818 bits per heavy atom. The van der Waals surface area contributed by atoms with Gasteiger partial charge in [-0.05, 0) is 118 Å². The van der Waals surface area contributed by atoms with Gasteiger partial charge in [-0.25, -0.2) is 8.78 Å². The minimum absolute atomic E-state index is 0.474. The zero-order chi connectivity index (χ0) is 23.2. The van der Waals surface area contributed by atoms with Crippen LogP contribution in [0.15, 0.2) is 30.4 Å².